The lowest BCUT2D eigenvalue weighted by atomic mass is 9.87. The number of hydrogen-bond acceptors (Lipinski definition) is 5. The summed E-state index contributed by atoms with van der Waals surface area (Å²) in [5, 5.41) is 24.2. The molecule has 6 nitrogen and oxygen atoms in total. The molecular weight excluding hydrogens is 370 g/mol. The average molecular weight is 391 g/mol. The molecule has 1 aromatic heterocycles. The molecule has 1 aliphatic heterocycles. The van der Waals surface area contributed by atoms with E-state index in [1.54, 1.807) is 19.9 Å². The van der Waals surface area contributed by atoms with Gasteiger partial charge in [0, 0.05) is 17.0 Å². The highest BCUT2D eigenvalue weighted by Gasteiger charge is 2.44. The van der Waals surface area contributed by atoms with Crippen LogP contribution in [0.2, 0.25) is 0 Å². The van der Waals surface area contributed by atoms with Gasteiger partial charge in [-0.2, -0.15) is 0 Å². The van der Waals surface area contributed by atoms with Gasteiger partial charge < -0.3 is 24.7 Å². The van der Waals surface area contributed by atoms with Crippen LogP contribution in [-0.4, -0.2) is 34.0 Å². The third-order valence-corrected chi connectivity index (χ3v) is 5.81. The maximum absolute atomic E-state index is 13.4. The summed E-state index contributed by atoms with van der Waals surface area (Å²) in [7, 11) is 1.49. The number of hydrogen-bond donors (Lipinski definition) is 3. The molecule has 0 bridgehead atoms. The van der Waals surface area contributed by atoms with E-state index in [-0.39, 0.29) is 5.43 Å². The minimum atomic E-state index is -1.21. The summed E-state index contributed by atoms with van der Waals surface area (Å²) in [6, 6.07) is 13.2. The van der Waals surface area contributed by atoms with Crippen molar-refractivity contribution in [3.63, 3.8) is 0 Å². The van der Waals surface area contributed by atoms with Crippen LogP contribution >= 0.6 is 0 Å². The number of methoxy groups -OCH3 is 1. The molecule has 0 radical (unpaired) electrons. The molecule has 0 saturated heterocycles. The summed E-state index contributed by atoms with van der Waals surface area (Å²) in [5.41, 5.74) is 0.223. The van der Waals surface area contributed by atoms with Gasteiger partial charge in [0.1, 0.15) is 29.3 Å². The number of aromatic amines is 1. The number of benzene rings is 3. The molecular formula is C23H21NO5. The lowest BCUT2D eigenvalue weighted by molar-refractivity contribution is -0.111. The molecule has 0 aliphatic carbocycles. The minimum Gasteiger partial charge on any atom is -0.496 e. The van der Waals surface area contributed by atoms with Gasteiger partial charge in [0.2, 0.25) is 5.43 Å². The second-order valence-electron chi connectivity index (χ2n) is 8.03. The van der Waals surface area contributed by atoms with Crippen molar-refractivity contribution in [1.82, 2.24) is 4.98 Å². The maximum Gasteiger partial charge on any atom is 0.200 e. The maximum atomic E-state index is 13.4. The van der Waals surface area contributed by atoms with Crippen LogP contribution in [0.4, 0.5) is 0 Å². The van der Waals surface area contributed by atoms with Crippen LogP contribution < -0.4 is 14.9 Å². The summed E-state index contributed by atoms with van der Waals surface area (Å²) < 4.78 is 11.5. The van der Waals surface area contributed by atoms with Gasteiger partial charge in [-0.3, -0.25) is 4.79 Å². The third kappa shape index (κ3) is 2.46. The van der Waals surface area contributed by atoms with Gasteiger partial charge >= 0.3 is 0 Å². The van der Waals surface area contributed by atoms with Crippen molar-refractivity contribution in [1.29, 1.82) is 0 Å². The molecule has 6 heteroatoms. The molecule has 2 unspecified atom stereocenters. The van der Waals surface area contributed by atoms with Crippen LogP contribution in [0.1, 0.15) is 25.5 Å². The van der Waals surface area contributed by atoms with E-state index in [9.17, 15) is 15.0 Å². The van der Waals surface area contributed by atoms with E-state index < -0.39 is 17.8 Å². The van der Waals surface area contributed by atoms with Crippen molar-refractivity contribution in [2.24, 2.45) is 0 Å². The SMILES string of the molecule is COc1cc2c(c3[nH]c4cc5ccccc5cc4c(=O)c13)C(O)C(O)C(C)(C)O2. The Bertz CT molecular complexity index is 1350. The first-order chi connectivity index (χ1) is 13.8. The van der Waals surface area contributed by atoms with Gasteiger partial charge in [0.15, 0.2) is 0 Å². The molecule has 3 N–H and O–H groups in total. The zero-order valence-corrected chi connectivity index (χ0v) is 16.3. The van der Waals surface area contributed by atoms with Crippen molar-refractivity contribution < 1.29 is 19.7 Å². The molecule has 5 rings (SSSR count). The molecule has 29 heavy (non-hydrogen) atoms. The van der Waals surface area contributed by atoms with E-state index in [1.807, 2.05) is 36.4 Å². The van der Waals surface area contributed by atoms with Crippen LogP contribution in [0.25, 0.3) is 32.6 Å². The number of aromatic nitrogens is 1. The predicted molar refractivity (Wildman–Crippen MR) is 112 cm³/mol. The van der Waals surface area contributed by atoms with Crippen molar-refractivity contribution in [3.8, 4) is 11.5 Å². The Balaban J connectivity index is 1.95. The van der Waals surface area contributed by atoms with Gasteiger partial charge in [-0.15, -0.1) is 0 Å². The molecule has 2 heterocycles. The lowest BCUT2D eigenvalue weighted by Crippen LogP contribution is -2.48. The molecule has 0 amide bonds. The third-order valence-electron chi connectivity index (χ3n) is 5.81. The Morgan fingerprint density at radius 3 is 2.48 bits per heavy atom. The van der Waals surface area contributed by atoms with E-state index in [2.05, 4.69) is 4.98 Å². The monoisotopic (exact) mass is 391 g/mol. The van der Waals surface area contributed by atoms with E-state index in [0.29, 0.717) is 38.9 Å². The smallest absolute Gasteiger partial charge is 0.200 e. The van der Waals surface area contributed by atoms with Gasteiger partial charge in [-0.1, -0.05) is 24.3 Å². The Morgan fingerprint density at radius 1 is 1.10 bits per heavy atom. The predicted octanol–water partition coefficient (Wildman–Crippen LogP) is 3.41. The quantitative estimate of drug-likeness (QED) is 0.433. The fourth-order valence-electron chi connectivity index (χ4n) is 4.23. The Kier molecular flexibility index (Phi) is 3.69. The highest BCUT2D eigenvalue weighted by molar-refractivity contribution is 6.03. The lowest BCUT2D eigenvalue weighted by Gasteiger charge is -2.40. The van der Waals surface area contributed by atoms with Crippen molar-refractivity contribution in [2.75, 3.05) is 7.11 Å². The fourth-order valence-corrected chi connectivity index (χ4v) is 4.23. The number of aliphatic hydroxyl groups is 2. The zero-order chi connectivity index (χ0) is 20.5. The largest absolute Gasteiger partial charge is 0.496 e. The minimum absolute atomic E-state index is 0.203. The highest BCUT2D eigenvalue weighted by Crippen LogP contribution is 2.45. The van der Waals surface area contributed by atoms with Gasteiger partial charge in [-0.25, -0.2) is 0 Å². The van der Waals surface area contributed by atoms with Crippen molar-refractivity contribution in [3.05, 3.63) is 58.3 Å². The van der Waals surface area contributed by atoms with Crippen molar-refractivity contribution in [2.45, 2.75) is 31.7 Å². The van der Waals surface area contributed by atoms with Gasteiger partial charge in [-0.05, 0) is 36.8 Å². The first kappa shape index (κ1) is 18.0. The molecule has 2 atom stereocenters. The number of ether oxygens (including phenoxy) is 2. The second-order valence-corrected chi connectivity index (χ2v) is 8.03. The Hall–Kier alpha value is -3.09. The summed E-state index contributed by atoms with van der Waals surface area (Å²) in [4.78, 5) is 16.7. The summed E-state index contributed by atoms with van der Waals surface area (Å²) in [6.45, 7) is 3.41. The van der Waals surface area contributed by atoms with Crippen molar-refractivity contribution >= 4 is 32.6 Å². The summed E-state index contributed by atoms with van der Waals surface area (Å²) in [6.07, 6.45) is -2.36. The number of rotatable bonds is 1. The first-order valence-electron chi connectivity index (χ1n) is 9.46. The molecule has 0 fully saturated rings. The normalized spacial score (nSPS) is 20.6. The standard InChI is InChI=1S/C23H21NO5/c1-23(2)22(27)21(26)18-16(29-23)10-15(28-3)17-19(18)24-14-9-12-7-5-4-6-11(12)8-13(14)20(17)25/h4-10,21-22,26-27H,1-3H3,(H,24,25). The zero-order valence-electron chi connectivity index (χ0n) is 16.3. The van der Waals surface area contributed by atoms with Crippen LogP contribution in [0.15, 0.2) is 47.3 Å². The van der Waals surface area contributed by atoms with E-state index in [1.165, 1.54) is 7.11 Å². The number of pyridine rings is 1. The summed E-state index contributed by atoms with van der Waals surface area (Å²) in [5.74, 6) is 0.738. The number of aliphatic hydroxyl groups excluding tert-OH is 2. The van der Waals surface area contributed by atoms with E-state index in [0.717, 1.165) is 10.8 Å². The highest BCUT2D eigenvalue weighted by atomic mass is 16.5. The molecule has 148 valence electrons. The van der Waals surface area contributed by atoms with Crippen LogP contribution in [0.5, 0.6) is 11.5 Å². The Morgan fingerprint density at radius 2 is 1.79 bits per heavy atom. The number of H-pyrrole nitrogens is 1. The van der Waals surface area contributed by atoms with E-state index >= 15 is 0 Å². The summed E-state index contributed by atoms with van der Waals surface area (Å²) >= 11 is 0. The van der Waals surface area contributed by atoms with Crippen LogP contribution in [-0.2, 0) is 0 Å². The van der Waals surface area contributed by atoms with Gasteiger partial charge in [0.05, 0.1) is 23.5 Å². The molecule has 0 saturated carbocycles. The van der Waals surface area contributed by atoms with Crippen LogP contribution in [0.3, 0.4) is 0 Å². The molecule has 4 aromatic rings. The number of nitrogens with one attached hydrogen (secondary N) is 1. The molecule has 3 aromatic carbocycles. The molecule has 1 aliphatic rings. The fraction of sp³-hybridized carbons (Fsp3) is 0.261. The molecule has 0 spiro atoms. The Labute approximate surface area is 166 Å². The van der Waals surface area contributed by atoms with Crippen LogP contribution in [0, 0.1) is 0 Å². The first-order valence-corrected chi connectivity index (χ1v) is 9.46. The number of fused-ring (bicyclic) bond motifs is 5. The van der Waals surface area contributed by atoms with Gasteiger partial charge in [0.25, 0.3) is 0 Å². The second kappa shape index (κ2) is 5.95. The average Bonchev–Trinajstić information content (AvgIpc) is 2.70. The van der Waals surface area contributed by atoms with E-state index in [4.69, 9.17) is 9.47 Å². The topological polar surface area (TPSA) is 91.8 Å².